The highest BCUT2D eigenvalue weighted by atomic mass is 16.2. The number of anilines is 2. The number of hydrogen-bond acceptors (Lipinski definition) is 3. The highest BCUT2D eigenvalue weighted by molar-refractivity contribution is 5.93. The fraction of sp³-hybridized carbons (Fsp3) is 0.556. The van der Waals surface area contributed by atoms with E-state index >= 15 is 0 Å². The number of carbonyl (C=O) groups is 2. The van der Waals surface area contributed by atoms with Gasteiger partial charge in [-0.2, -0.15) is 0 Å². The Balaban J connectivity index is 1.86. The molecule has 5 heteroatoms. The Labute approximate surface area is 138 Å². The van der Waals surface area contributed by atoms with E-state index in [2.05, 4.69) is 10.2 Å². The Morgan fingerprint density at radius 2 is 1.70 bits per heavy atom. The van der Waals surface area contributed by atoms with Gasteiger partial charge in [0.1, 0.15) is 0 Å². The van der Waals surface area contributed by atoms with Gasteiger partial charge in [-0.15, -0.1) is 0 Å². The van der Waals surface area contributed by atoms with Crippen LogP contribution in [0.1, 0.15) is 39.0 Å². The molecule has 5 nitrogen and oxygen atoms in total. The van der Waals surface area contributed by atoms with E-state index < -0.39 is 0 Å². The average Bonchev–Trinajstić information content (AvgIpc) is 2.55. The second kappa shape index (κ2) is 8.11. The fourth-order valence-corrected chi connectivity index (χ4v) is 3.03. The van der Waals surface area contributed by atoms with Crippen LogP contribution < -0.4 is 10.2 Å². The molecule has 0 bridgehead atoms. The molecule has 1 N–H and O–H groups in total. The van der Waals surface area contributed by atoms with Crippen molar-refractivity contribution in [2.75, 3.05) is 30.9 Å². The summed E-state index contributed by atoms with van der Waals surface area (Å²) in [5.74, 6) is -0.0124. The first kappa shape index (κ1) is 17.5. The van der Waals surface area contributed by atoms with Crippen molar-refractivity contribution in [3.05, 3.63) is 24.3 Å². The standard InChI is InChI=1S/C18H27N3O2/c1-14(22)21(3)17-11-9-15(10-12-17)19-18(23)13-20(2)16-7-5-4-6-8-16/h9-12,16H,4-8,13H2,1-3H3,(H,19,23). The molecular formula is C18H27N3O2. The zero-order valence-corrected chi connectivity index (χ0v) is 14.3. The molecule has 1 saturated carbocycles. The predicted octanol–water partition coefficient (Wildman–Crippen LogP) is 2.87. The molecule has 2 amide bonds. The summed E-state index contributed by atoms with van der Waals surface area (Å²) in [5, 5.41) is 2.92. The molecule has 126 valence electrons. The molecule has 0 atom stereocenters. The van der Waals surface area contributed by atoms with Gasteiger partial charge in [-0.25, -0.2) is 0 Å². The molecule has 0 unspecified atom stereocenters. The van der Waals surface area contributed by atoms with E-state index in [-0.39, 0.29) is 11.8 Å². The van der Waals surface area contributed by atoms with Gasteiger partial charge in [0.2, 0.25) is 11.8 Å². The first-order chi connectivity index (χ1) is 11.0. The lowest BCUT2D eigenvalue weighted by molar-refractivity contribution is -0.118. The monoisotopic (exact) mass is 317 g/mol. The smallest absolute Gasteiger partial charge is 0.238 e. The molecule has 0 heterocycles. The van der Waals surface area contributed by atoms with E-state index in [1.165, 1.54) is 39.0 Å². The highest BCUT2D eigenvalue weighted by Crippen LogP contribution is 2.21. The van der Waals surface area contributed by atoms with Crippen molar-refractivity contribution in [1.82, 2.24) is 4.90 Å². The summed E-state index contributed by atoms with van der Waals surface area (Å²) in [5.41, 5.74) is 1.57. The van der Waals surface area contributed by atoms with Crippen molar-refractivity contribution in [2.45, 2.75) is 45.1 Å². The lowest BCUT2D eigenvalue weighted by Crippen LogP contribution is -2.39. The molecule has 1 aliphatic rings. The topological polar surface area (TPSA) is 52.7 Å². The van der Waals surface area contributed by atoms with Crippen LogP contribution in [0, 0.1) is 0 Å². The number of benzene rings is 1. The number of nitrogens with zero attached hydrogens (tertiary/aromatic N) is 2. The van der Waals surface area contributed by atoms with E-state index in [0.717, 1.165) is 11.4 Å². The maximum absolute atomic E-state index is 12.2. The summed E-state index contributed by atoms with van der Waals surface area (Å²) >= 11 is 0. The Morgan fingerprint density at radius 3 is 2.26 bits per heavy atom. The third-order valence-corrected chi connectivity index (χ3v) is 4.60. The Bertz CT molecular complexity index is 536. The number of nitrogens with one attached hydrogen (secondary N) is 1. The zero-order chi connectivity index (χ0) is 16.8. The first-order valence-electron chi connectivity index (χ1n) is 8.32. The Hall–Kier alpha value is -1.88. The Morgan fingerprint density at radius 1 is 1.09 bits per heavy atom. The molecular weight excluding hydrogens is 290 g/mol. The van der Waals surface area contributed by atoms with E-state index in [4.69, 9.17) is 0 Å². The van der Waals surface area contributed by atoms with E-state index in [0.29, 0.717) is 12.6 Å². The molecule has 1 aromatic carbocycles. The summed E-state index contributed by atoms with van der Waals surface area (Å²) in [7, 11) is 3.76. The van der Waals surface area contributed by atoms with E-state index in [9.17, 15) is 9.59 Å². The van der Waals surface area contributed by atoms with Gasteiger partial charge in [-0.05, 0) is 44.2 Å². The van der Waals surface area contributed by atoms with Crippen molar-refractivity contribution in [1.29, 1.82) is 0 Å². The second-order valence-corrected chi connectivity index (χ2v) is 6.38. The average molecular weight is 317 g/mol. The molecule has 0 spiro atoms. The molecule has 1 aliphatic carbocycles. The molecule has 23 heavy (non-hydrogen) atoms. The SMILES string of the molecule is CC(=O)N(C)c1ccc(NC(=O)CN(C)C2CCCCC2)cc1. The normalized spacial score (nSPS) is 15.5. The predicted molar refractivity (Wildman–Crippen MR) is 93.7 cm³/mol. The van der Waals surface area contributed by atoms with Crippen molar-refractivity contribution in [3.8, 4) is 0 Å². The second-order valence-electron chi connectivity index (χ2n) is 6.38. The fourth-order valence-electron chi connectivity index (χ4n) is 3.03. The molecule has 2 rings (SSSR count). The van der Waals surface area contributed by atoms with Crippen LogP contribution in [0.25, 0.3) is 0 Å². The first-order valence-corrected chi connectivity index (χ1v) is 8.32. The minimum Gasteiger partial charge on any atom is -0.325 e. The van der Waals surface area contributed by atoms with Crippen LogP contribution in [0.15, 0.2) is 24.3 Å². The van der Waals surface area contributed by atoms with Crippen LogP contribution in [-0.4, -0.2) is 43.4 Å². The van der Waals surface area contributed by atoms with Gasteiger partial charge >= 0.3 is 0 Å². The van der Waals surface area contributed by atoms with Gasteiger partial charge in [0, 0.05) is 31.4 Å². The summed E-state index contributed by atoms with van der Waals surface area (Å²) < 4.78 is 0. The van der Waals surface area contributed by atoms with E-state index in [1.54, 1.807) is 11.9 Å². The number of likely N-dealkylation sites (N-methyl/N-ethyl adjacent to an activating group) is 1. The molecule has 0 saturated heterocycles. The molecule has 0 aliphatic heterocycles. The molecule has 0 radical (unpaired) electrons. The Kier molecular flexibility index (Phi) is 6.16. The minimum atomic E-state index is -0.0177. The van der Waals surface area contributed by atoms with Crippen LogP contribution in [0.2, 0.25) is 0 Å². The van der Waals surface area contributed by atoms with Gasteiger partial charge in [-0.3, -0.25) is 14.5 Å². The third-order valence-electron chi connectivity index (χ3n) is 4.60. The van der Waals surface area contributed by atoms with Gasteiger partial charge in [0.05, 0.1) is 6.54 Å². The zero-order valence-electron chi connectivity index (χ0n) is 14.3. The van der Waals surface area contributed by atoms with Crippen molar-refractivity contribution >= 4 is 23.2 Å². The molecule has 0 aromatic heterocycles. The largest absolute Gasteiger partial charge is 0.325 e. The van der Waals surface area contributed by atoms with Gasteiger partial charge in [0.25, 0.3) is 0 Å². The third kappa shape index (κ3) is 5.06. The van der Waals surface area contributed by atoms with E-state index in [1.807, 2.05) is 31.3 Å². The molecule has 1 fully saturated rings. The lowest BCUT2D eigenvalue weighted by atomic mass is 9.94. The van der Waals surface area contributed by atoms with Crippen LogP contribution in [0.3, 0.4) is 0 Å². The van der Waals surface area contributed by atoms with Crippen LogP contribution in [-0.2, 0) is 9.59 Å². The number of carbonyl (C=O) groups excluding carboxylic acids is 2. The maximum Gasteiger partial charge on any atom is 0.238 e. The quantitative estimate of drug-likeness (QED) is 0.908. The van der Waals surface area contributed by atoms with Crippen molar-refractivity contribution < 1.29 is 9.59 Å². The van der Waals surface area contributed by atoms with Gasteiger partial charge in [0.15, 0.2) is 0 Å². The lowest BCUT2D eigenvalue weighted by Gasteiger charge is -2.30. The van der Waals surface area contributed by atoms with Crippen molar-refractivity contribution in [2.24, 2.45) is 0 Å². The van der Waals surface area contributed by atoms with Crippen molar-refractivity contribution in [3.63, 3.8) is 0 Å². The highest BCUT2D eigenvalue weighted by Gasteiger charge is 2.19. The van der Waals surface area contributed by atoms with Gasteiger partial charge in [-0.1, -0.05) is 19.3 Å². The summed E-state index contributed by atoms with van der Waals surface area (Å²) in [6.07, 6.45) is 6.23. The maximum atomic E-state index is 12.2. The summed E-state index contributed by atoms with van der Waals surface area (Å²) in [6, 6.07) is 7.85. The number of hydrogen-bond donors (Lipinski definition) is 1. The van der Waals surface area contributed by atoms with Crippen LogP contribution >= 0.6 is 0 Å². The number of amides is 2. The summed E-state index contributed by atoms with van der Waals surface area (Å²) in [6.45, 7) is 1.94. The van der Waals surface area contributed by atoms with Crippen LogP contribution in [0.4, 0.5) is 11.4 Å². The number of rotatable bonds is 5. The summed E-state index contributed by atoms with van der Waals surface area (Å²) in [4.78, 5) is 27.2. The van der Waals surface area contributed by atoms with Gasteiger partial charge < -0.3 is 10.2 Å². The van der Waals surface area contributed by atoms with Crippen LogP contribution in [0.5, 0.6) is 0 Å². The minimum absolute atomic E-state index is 0.00532. The molecule has 1 aromatic rings.